The van der Waals surface area contributed by atoms with Gasteiger partial charge in [-0.25, -0.2) is 4.98 Å². The van der Waals surface area contributed by atoms with Crippen molar-refractivity contribution in [2.75, 3.05) is 7.11 Å². The maximum atomic E-state index is 11.3. The highest BCUT2D eigenvalue weighted by molar-refractivity contribution is 5.98. The third-order valence-corrected chi connectivity index (χ3v) is 2.22. The van der Waals surface area contributed by atoms with Crippen LogP contribution in [0.2, 0.25) is 0 Å². The molecule has 2 aromatic heterocycles. The van der Waals surface area contributed by atoms with Gasteiger partial charge in [0.1, 0.15) is 5.75 Å². The van der Waals surface area contributed by atoms with E-state index in [1.807, 2.05) is 12.1 Å². The number of hydrogen-bond acceptors (Lipinski definition) is 3. The van der Waals surface area contributed by atoms with Crippen LogP contribution in [0.25, 0.3) is 11.4 Å². The van der Waals surface area contributed by atoms with Crippen LogP contribution in [-0.4, -0.2) is 23.0 Å². The smallest absolute Gasteiger partial charge is 0.251 e. The molecule has 1 amide bonds. The van der Waals surface area contributed by atoms with E-state index in [1.165, 1.54) is 7.11 Å². The molecule has 0 spiro atoms. The summed E-state index contributed by atoms with van der Waals surface area (Å²) in [5.74, 6) is -0.0277. The number of methoxy groups -OCH3 is 1. The van der Waals surface area contributed by atoms with Crippen molar-refractivity contribution >= 4 is 5.91 Å². The van der Waals surface area contributed by atoms with Gasteiger partial charge in [0.25, 0.3) is 5.91 Å². The molecule has 2 aromatic rings. The van der Waals surface area contributed by atoms with Crippen LogP contribution in [0.5, 0.6) is 5.75 Å². The van der Waals surface area contributed by atoms with E-state index in [1.54, 1.807) is 18.5 Å². The van der Waals surface area contributed by atoms with Crippen LogP contribution in [0, 0.1) is 0 Å². The lowest BCUT2D eigenvalue weighted by Gasteiger charge is -2.06. The molecule has 5 heteroatoms. The van der Waals surface area contributed by atoms with Crippen LogP contribution in [0.3, 0.4) is 0 Å². The van der Waals surface area contributed by atoms with Crippen molar-refractivity contribution in [2.45, 2.75) is 0 Å². The molecule has 0 aliphatic carbocycles. The molecular formula is C11H11N3O2. The lowest BCUT2D eigenvalue weighted by molar-refractivity contribution is 0.1000. The van der Waals surface area contributed by atoms with Crippen LogP contribution in [0.15, 0.2) is 30.6 Å². The highest BCUT2D eigenvalue weighted by Gasteiger charge is 2.13. The molecule has 0 aliphatic heterocycles. The number of rotatable bonds is 3. The summed E-state index contributed by atoms with van der Waals surface area (Å²) < 4.78 is 5.00. The van der Waals surface area contributed by atoms with Crippen molar-refractivity contribution in [3.63, 3.8) is 0 Å². The highest BCUT2D eigenvalue weighted by Crippen LogP contribution is 2.22. The van der Waals surface area contributed by atoms with Gasteiger partial charge in [-0.05, 0) is 18.2 Å². The SMILES string of the molecule is COc1cnc(-c2ccc[nH]2)c(C(N)=O)c1. The molecule has 0 saturated heterocycles. The molecule has 0 atom stereocenters. The molecule has 2 heterocycles. The number of hydrogen-bond donors (Lipinski definition) is 2. The Labute approximate surface area is 92.3 Å². The van der Waals surface area contributed by atoms with E-state index in [-0.39, 0.29) is 0 Å². The largest absolute Gasteiger partial charge is 0.495 e. The number of ether oxygens (including phenoxy) is 1. The lowest BCUT2D eigenvalue weighted by atomic mass is 10.1. The van der Waals surface area contributed by atoms with E-state index in [2.05, 4.69) is 9.97 Å². The van der Waals surface area contributed by atoms with Gasteiger partial charge in [-0.3, -0.25) is 4.79 Å². The van der Waals surface area contributed by atoms with E-state index in [0.29, 0.717) is 17.0 Å². The van der Waals surface area contributed by atoms with Gasteiger partial charge in [-0.15, -0.1) is 0 Å². The quantitative estimate of drug-likeness (QED) is 0.810. The molecule has 0 radical (unpaired) electrons. The van der Waals surface area contributed by atoms with Crippen molar-refractivity contribution in [1.29, 1.82) is 0 Å². The summed E-state index contributed by atoms with van der Waals surface area (Å²) in [5, 5.41) is 0. The number of nitrogens with one attached hydrogen (secondary N) is 1. The number of carbonyl (C=O) groups is 1. The van der Waals surface area contributed by atoms with Crippen LogP contribution < -0.4 is 10.5 Å². The molecule has 82 valence electrons. The Morgan fingerprint density at radius 1 is 1.56 bits per heavy atom. The standard InChI is InChI=1S/C11H11N3O2/c1-16-7-5-8(11(12)15)10(14-6-7)9-3-2-4-13-9/h2-6,13H,1H3,(H2,12,15). The zero-order valence-corrected chi connectivity index (χ0v) is 8.73. The number of primary amides is 1. The van der Waals surface area contributed by atoms with Crippen LogP contribution in [0.4, 0.5) is 0 Å². The average molecular weight is 217 g/mol. The predicted molar refractivity (Wildman–Crippen MR) is 59.1 cm³/mol. The number of aromatic amines is 1. The van der Waals surface area contributed by atoms with E-state index in [9.17, 15) is 4.79 Å². The van der Waals surface area contributed by atoms with E-state index < -0.39 is 5.91 Å². The molecule has 16 heavy (non-hydrogen) atoms. The number of nitrogens with zero attached hydrogens (tertiary/aromatic N) is 1. The fourth-order valence-corrected chi connectivity index (χ4v) is 1.44. The Balaban J connectivity index is 2.57. The zero-order chi connectivity index (χ0) is 11.5. The van der Waals surface area contributed by atoms with Crippen molar-refractivity contribution in [3.8, 4) is 17.1 Å². The molecule has 2 rings (SSSR count). The van der Waals surface area contributed by atoms with E-state index in [0.717, 1.165) is 5.69 Å². The first kappa shape index (κ1) is 10.2. The third-order valence-electron chi connectivity index (χ3n) is 2.22. The van der Waals surface area contributed by atoms with E-state index >= 15 is 0 Å². The number of aromatic nitrogens is 2. The first-order valence-electron chi connectivity index (χ1n) is 4.70. The summed E-state index contributed by atoms with van der Waals surface area (Å²) in [4.78, 5) is 18.4. The maximum Gasteiger partial charge on any atom is 0.251 e. The average Bonchev–Trinajstić information content (AvgIpc) is 2.81. The predicted octanol–water partition coefficient (Wildman–Crippen LogP) is 1.18. The van der Waals surface area contributed by atoms with Gasteiger partial charge < -0.3 is 15.5 Å². The second kappa shape index (κ2) is 4.06. The first-order chi connectivity index (χ1) is 7.72. The van der Waals surface area contributed by atoms with Gasteiger partial charge in [0.05, 0.1) is 30.3 Å². The fourth-order valence-electron chi connectivity index (χ4n) is 1.44. The molecular weight excluding hydrogens is 206 g/mol. The number of nitrogens with two attached hydrogens (primary N) is 1. The summed E-state index contributed by atoms with van der Waals surface area (Å²) in [5.41, 5.74) is 6.90. The zero-order valence-electron chi connectivity index (χ0n) is 8.73. The lowest BCUT2D eigenvalue weighted by Crippen LogP contribution is -2.13. The third kappa shape index (κ3) is 1.75. The molecule has 0 aliphatic rings. The summed E-state index contributed by atoms with van der Waals surface area (Å²) in [6.07, 6.45) is 3.30. The molecule has 3 N–H and O–H groups in total. The van der Waals surface area contributed by atoms with Gasteiger partial charge in [0.15, 0.2) is 0 Å². The van der Waals surface area contributed by atoms with Crippen molar-refractivity contribution < 1.29 is 9.53 Å². The molecule has 0 fully saturated rings. The van der Waals surface area contributed by atoms with Crippen molar-refractivity contribution in [1.82, 2.24) is 9.97 Å². The topological polar surface area (TPSA) is 81.0 Å². The summed E-state index contributed by atoms with van der Waals surface area (Å²) in [6, 6.07) is 5.22. The monoisotopic (exact) mass is 217 g/mol. The highest BCUT2D eigenvalue weighted by atomic mass is 16.5. The fraction of sp³-hybridized carbons (Fsp3) is 0.0909. The summed E-state index contributed by atoms with van der Waals surface area (Å²) in [7, 11) is 1.51. The van der Waals surface area contributed by atoms with Gasteiger partial charge in [0, 0.05) is 6.20 Å². The van der Waals surface area contributed by atoms with Crippen molar-refractivity contribution in [3.05, 3.63) is 36.2 Å². The van der Waals surface area contributed by atoms with Gasteiger partial charge in [-0.1, -0.05) is 0 Å². The summed E-state index contributed by atoms with van der Waals surface area (Å²) >= 11 is 0. The van der Waals surface area contributed by atoms with Crippen LogP contribution in [0.1, 0.15) is 10.4 Å². The second-order valence-electron chi connectivity index (χ2n) is 3.22. The second-order valence-corrected chi connectivity index (χ2v) is 3.22. The Hall–Kier alpha value is -2.30. The van der Waals surface area contributed by atoms with Gasteiger partial charge in [-0.2, -0.15) is 0 Å². The number of carbonyl (C=O) groups excluding carboxylic acids is 1. The summed E-state index contributed by atoms with van der Waals surface area (Å²) in [6.45, 7) is 0. The molecule has 0 aromatic carbocycles. The Bertz CT molecular complexity index is 506. The number of H-pyrrole nitrogens is 1. The maximum absolute atomic E-state index is 11.3. The minimum atomic E-state index is -0.531. The number of pyridine rings is 1. The normalized spacial score (nSPS) is 10.1. The van der Waals surface area contributed by atoms with E-state index in [4.69, 9.17) is 10.5 Å². The Morgan fingerprint density at radius 2 is 2.38 bits per heavy atom. The van der Waals surface area contributed by atoms with Crippen molar-refractivity contribution in [2.24, 2.45) is 5.73 Å². The number of amides is 1. The van der Waals surface area contributed by atoms with Gasteiger partial charge in [0.2, 0.25) is 0 Å². The Morgan fingerprint density at radius 3 is 2.94 bits per heavy atom. The van der Waals surface area contributed by atoms with Crippen LogP contribution in [-0.2, 0) is 0 Å². The minimum Gasteiger partial charge on any atom is -0.495 e. The molecule has 5 nitrogen and oxygen atoms in total. The first-order valence-corrected chi connectivity index (χ1v) is 4.70. The van der Waals surface area contributed by atoms with Crippen LogP contribution >= 0.6 is 0 Å². The Kier molecular flexibility index (Phi) is 2.59. The molecule has 0 unspecified atom stereocenters. The molecule has 0 bridgehead atoms. The van der Waals surface area contributed by atoms with Gasteiger partial charge >= 0.3 is 0 Å². The molecule has 0 saturated carbocycles. The minimum absolute atomic E-state index is 0.335.